The predicted octanol–water partition coefficient (Wildman–Crippen LogP) is 5.02. The Labute approximate surface area is 223 Å². The van der Waals surface area contributed by atoms with E-state index in [1.807, 2.05) is 41.5 Å². The summed E-state index contributed by atoms with van der Waals surface area (Å²) in [5, 5.41) is 7.96. The lowest BCUT2D eigenvalue weighted by Crippen LogP contribution is -2.25. The molecule has 2 heterocycles. The van der Waals surface area contributed by atoms with E-state index < -0.39 is 17.0 Å². The van der Waals surface area contributed by atoms with Crippen LogP contribution >= 0.6 is 0 Å². The number of nitrogens with zero attached hydrogens (tertiary/aromatic N) is 3. The summed E-state index contributed by atoms with van der Waals surface area (Å²) in [5.74, 6) is 0.717. The number of hydrogen-bond acceptors (Lipinski definition) is 8. The average Bonchev–Trinajstić information content (AvgIpc) is 3.19. The molecule has 10 heteroatoms. The van der Waals surface area contributed by atoms with Crippen LogP contribution in [0.25, 0.3) is 11.3 Å². The number of esters is 1. The summed E-state index contributed by atoms with van der Waals surface area (Å²) >= 11 is 0. The molecule has 2 aromatic heterocycles. The predicted molar refractivity (Wildman–Crippen MR) is 148 cm³/mol. The third-order valence-corrected chi connectivity index (χ3v) is 5.40. The highest BCUT2D eigenvalue weighted by Crippen LogP contribution is 2.34. The molecule has 0 unspecified atom stereocenters. The van der Waals surface area contributed by atoms with E-state index in [-0.39, 0.29) is 11.5 Å². The highest BCUT2D eigenvalue weighted by Gasteiger charge is 2.29. The van der Waals surface area contributed by atoms with E-state index >= 15 is 0 Å². The van der Waals surface area contributed by atoms with Gasteiger partial charge in [-0.05, 0) is 78.6 Å². The SMILES string of the molecule is CC(C)(C)OC(=O)CCCCOc1ccc(Nc2c(C(N)=O)c(-c3ccc(N)cc3)nn2C(C)(C)C)nc1. The zero-order valence-electron chi connectivity index (χ0n) is 23.0. The van der Waals surface area contributed by atoms with Gasteiger partial charge in [0.1, 0.15) is 34.2 Å². The average molecular weight is 523 g/mol. The Bertz CT molecular complexity index is 1250. The number of primary amides is 1. The second-order valence-electron chi connectivity index (χ2n) is 11.0. The molecule has 5 N–H and O–H groups in total. The fourth-order valence-corrected chi connectivity index (χ4v) is 3.71. The van der Waals surface area contributed by atoms with Crippen molar-refractivity contribution in [2.75, 3.05) is 17.7 Å². The van der Waals surface area contributed by atoms with Crippen molar-refractivity contribution in [1.29, 1.82) is 0 Å². The molecule has 0 saturated carbocycles. The lowest BCUT2D eigenvalue weighted by Gasteiger charge is -2.23. The van der Waals surface area contributed by atoms with Crippen LogP contribution in [-0.2, 0) is 15.1 Å². The van der Waals surface area contributed by atoms with Crippen LogP contribution in [0.1, 0.15) is 71.2 Å². The van der Waals surface area contributed by atoms with E-state index in [0.717, 1.165) is 5.56 Å². The van der Waals surface area contributed by atoms with Crippen LogP contribution < -0.4 is 21.5 Å². The molecular formula is C28H38N6O4. The normalized spacial score (nSPS) is 11.7. The molecule has 0 saturated heterocycles. The fourth-order valence-electron chi connectivity index (χ4n) is 3.71. The molecule has 204 valence electrons. The molecule has 3 rings (SSSR count). The molecule has 38 heavy (non-hydrogen) atoms. The Kier molecular flexibility index (Phi) is 8.65. The first-order valence-corrected chi connectivity index (χ1v) is 12.6. The van der Waals surface area contributed by atoms with Gasteiger partial charge in [-0.25, -0.2) is 9.67 Å². The number of amides is 1. The molecular weight excluding hydrogens is 484 g/mol. The van der Waals surface area contributed by atoms with E-state index in [9.17, 15) is 9.59 Å². The number of ether oxygens (including phenoxy) is 2. The quantitative estimate of drug-likeness (QED) is 0.191. The molecule has 0 bridgehead atoms. The molecule has 3 aromatic rings. The summed E-state index contributed by atoms with van der Waals surface area (Å²) in [4.78, 5) is 28.8. The van der Waals surface area contributed by atoms with Crippen LogP contribution in [0.3, 0.4) is 0 Å². The summed E-state index contributed by atoms with van der Waals surface area (Å²) in [5.41, 5.74) is 12.8. The number of carbonyl (C=O) groups is 2. The number of pyridine rings is 1. The van der Waals surface area contributed by atoms with Gasteiger partial charge in [-0.1, -0.05) is 12.1 Å². The summed E-state index contributed by atoms with van der Waals surface area (Å²) < 4.78 is 12.8. The number of rotatable bonds is 10. The van der Waals surface area contributed by atoms with E-state index in [0.29, 0.717) is 54.6 Å². The van der Waals surface area contributed by atoms with Crippen molar-refractivity contribution in [1.82, 2.24) is 14.8 Å². The first-order valence-electron chi connectivity index (χ1n) is 12.6. The number of nitrogens with two attached hydrogens (primary N) is 2. The Morgan fingerprint density at radius 3 is 2.24 bits per heavy atom. The van der Waals surface area contributed by atoms with Gasteiger partial charge in [0.25, 0.3) is 5.91 Å². The Morgan fingerprint density at radius 1 is 1.00 bits per heavy atom. The van der Waals surface area contributed by atoms with Gasteiger partial charge >= 0.3 is 5.97 Å². The van der Waals surface area contributed by atoms with Gasteiger partial charge in [-0.15, -0.1) is 0 Å². The van der Waals surface area contributed by atoms with Crippen molar-refractivity contribution in [2.24, 2.45) is 5.73 Å². The minimum Gasteiger partial charge on any atom is -0.492 e. The highest BCUT2D eigenvalue weighted by atomic mass is 16.6. The van der Waals surface area contributed by atoms with Crippen molar-refractivity contribution in [3.63, 3.8) is 0 Å². The molecule has 0 aliphatic heterocycles. The molecule has 0 spiro atoms. The van der Waals surface area contributed by atoms with Crippen LogP contribution in [0.2, 0.25) is 0 Å². The number of anilines is 3. The maximum absolute atomic E-state index is 12.6. The van der Waals surface area contributed by atoms with E-state index in [1.54, 1.807) is 47.3 Å². The third kappa shape index (κ3) is 7.71. The van der Waals surface area contributed by atoms with Crippen molar-refractivity contribution in [2.45, 2.75) is 71.9 Å². The molecule has 0 aliphatic rings. The Morgan fingerprint density at radius 2 is 1.68 bits per heavy atom. The van der Waals surface area contributed by atoms with E-state index in [2.05, 4.69) is 10.3 Å². The lowest BCUT2D eigenvalue weighted by atomic mass is 10.1. The van der Waals surface area contributed by atoms with Crippen LogP contribution in [-0.4, -0.2) is 38.8 Å². The van der Waals surface area contributed by atoms with Gasteiger partial charge in [0.15, 0.2) is 0 Å². The number of aromatic nitrogens is 3. The first kappa shape index (κ1) is 28.5. The number of benzene rings is 1. The Balaban J connectivity index is 1.71. The standard InChI is InChI=1S/C28H38N6O4/c1-27(2,3)34-26(23(25(30)36)24(33-34)18-10-12-19(29)13-11-18)32-21-15-14-20(17-31-21)37-16-8-7-9-22(35)38-28(4,5)6/h10-15,17H,7-9,16,29H2,1-6H3,(H2,30,36)(H,31,32). The molecule has 1 aromatic carbocycles. The zero-order valence-corrected chi connectivity index (χ0v) is 23.0. The van der Waals surface area contributed by atoms with Crippen molar-refractivity contribution in [3.8, 4) is 17.0 Å². The molecule has 0 atom stereocenters. The van der Waals surface area contributed by atoms with E-state index in [1.165, 1.54) is 0 Å². The van der Waals surface area contributed by atoms with Gasteiger partial charge in [0, 0.05) is 17.7 Å². The molecule has 1 amide bonds. The van der Waals surface area contributed by atoms with Crippen LogP contribution in [0.5, 0.6) is 5.75 Å². The molecule has 0 radical (unpaired) electrons. The minimum absolute atomic E-state index is 0.209. The van der Waals surface area contributed by atoms with Crippen LogP contribution in [0, 0.1) is 0 Å². The maximum Gasteiger partial charge on any atom is 0.306 e. The van der Waals surface area contributed by atoms with Crippen LogP contribution in [0.4, 0.5) is 17.3 Å². The number of nitrogen functional groups attached to an aromatic ring is 1. The third-order valence-electron chi connectivity index (χ3n) is 5.40. The van der Waals surface area contributed by atoms with Crippen LogP contribution in [0.15, 0.2) is 42.6 Å². The van der Waals surface area contributed by atoms with Crippen molar-refractivity contribution < 1.29 is 19.1 Å². The van der Waals surface area contributed by atoms with Crippen molar-refractivity contribution >= 4 is 29.2 Å². The summed E-state index contributed by atoms with van der Waals surface area (Å²) in [6.45, 7) is 11.9. The molecule has 10 nitrogen and oxygen atoms in total. The second-order valence-corrected chi connectivity index (χ2v) is 11.0. The Hall–Kier alpha value is -4.08. The maximum atomic E-state index is 12.6. The topological polar surface area (TPSA) is 147 Å². The molecule has 0 fully saturated rings. The number of carbonyl (C=O) groups excluding carboxylic acids is 2. The zero-order chi connectivity index (χ0) is 28.1. The van der Waals surface area contributed by atoms with Gasteiger partial charge in [0.05, 0.1) is 18.3 Å². The first-order chi connectivity index (χ1) is 17.7. The number of nitrogens with one attached hydrogen (secondary N) is 1. The largest absolute Gasteiger partial charge is 0.492 e. The van der Waals surface area contributed by atoms with Gasteiger partial charge in [0.2, 0.25) is 0 Å². The molecule has 0 aliphatic carbocycles. The second kappa shape index (κ2) is 11.5. The summed E-state index contributed by atoms with van der Waals surface area (Å²) in [6, 6.07) is 10.6. The fraction of sp³-hybridized carbons (Fsp3) is 0.429. The smallest absolute Gasteiger partial charge is 0.306 e. The van der Waals surface area contributed by atoms with Gasteiger partial charge in [-0.2, -0.15) is 5.10 Å². The summed E-state index contributed by atoms with van der Waals surface area (Å²) in [7, 11) is 0. The highest BCUT2D eigenvalue weighted by molar-refractivity contribution is 6.04. The lowest BCUT2D eigenvalue weighted by molar-refractivity contribution is -0.154. The van der Waals surface area contributed by atoms with E-state index in [4.69, 9.17) is 26.0 Å². The van der Waals surface area contributed by atoms with Gasteiger partial charge in [-0.3, -0.25) is 9.59 Å². The van der Waals surface area contributed by atoms with Crippen molar-refractivity contribution in [3.05, 3.63) is 48.2 Å². The summed E-state index contributed by atoms with van der Waals surface area (Å²) in [6.07, 6.45) is 3.33. The minimum atomic E-state index is -0.610. The number of unbranched alkanes of at least 4 members (excludes halogenated alkanes) is 1. The monoisotopic (exact) mass is 522 g/mol. The van der Waals surface area contributed by atoms with Gasteiger partial charge < -0.3 is 26.3 Å². The number of hydrogen-bond donors (Lipinski definition) is 3.